The Morgan fingerprint density at radius 3 is 2.76 bits per heavy atom. The summed E-state index contributed by atoms with van der Waals surface area (Å²) < 4.78 is 0. The Morgan fingerprint density at radius 2 is 1.95 bits per heavy atom. The molecule has 3 N–H and O–H groups in total. The zero-order chi connectivity index (χ0) is 14.5. The highest BCUT2D eigenvalue weighted by Gasteiger charge is 2.23. The number of carbonyl (C=O) groups is 1. The number of piperidine rings is 1. The zero-order valence-electron chi connectivity index (χ0n) is 12.4. The van der Waals surface area contributed by atoms with Crippen molar-refractivity contribution in [1.29, 1.82) is 0 Å². The SMILES string of the molecule is O=C(NCCN1CCCCC1)C1CNc2ccccc2N1. The lowest BCUT2D eigenvalue weighted by atomic mass is 10.1. The van der Waals surface area contributed by atoms with Gasteiger partial charge in [-0.1, -0.05) is 18.6 Å². The quantitative estimate of drug-likeness (QED) is 0.786. The fourth-order valence-electron chi connectivity index (χ4n) is 3.02. The van der Waals surface area contributed by atoms with Crippen LogP contribution in [0.3, 0.4) is 0 Å². The van der Waals surface area contributed by atoms with E-state index in [2.05, 4.69) is 20.9 Å². The monoisotopic (exact) mass is 288 g/mol. The molecule has 1 amide bonds. The van der Waals surface area contributed by atoms with Crippen LogP contribution in [0.1, 0.15) is 19.3 Å². The van der Waals surface area contributed by atoms with E-state index >= 15 is 0 Å². The number of benzene rings is 1. The second kappa shape index (κ2) is 6.80. The molecule has 5 heteroatoms. The van der Waals surface area contributed by atoms with Gasteiger partial charge in [0, 0.05) is 19.6 Å². The van der Waals surface area contributed by atoms with Crippen LogP contribution in [0.2, 0.25) is 0 Å². The Bertz CT molecular complexity index is 485. The van der Waals surface area contributed by atoms with Crippen LogP contribution in [0, 0.1) is 0 Å². The number of nitrogens with zero attached hydrogens (tertiary/aromatic N) is 1. The lowest BCUT2D eigenvalue weighted by Crippen LogP contribution is -2.48. The largest absolute Gasteiger partial charge is 0.381 e. The summed E-state index contributed by atoms with van der Waals surface area (Å²) >= 11 is 0. The zero-order valence-corrected chi connectivity index (χ0v) is 12.4. The first-order valence-electron chi connectivity index (χ1n) is 7.92. The number of anilines is 2. The van der Waals surface area contributed by atoms with Crippen molar-refractivity contribution in [3.05, 3.63) is 24.3 Å². The third-order valence-electron chi connectivity index (χ3n) is 4.25. The lowest BCUT2D eigenvalue weighted by molar-refractivity contribution is -0.121. The molecule has 2 heterocycles. The van der Waals surface area contributed by atoms with Gasteiger partial charge in [-0.05, 0) is 38.1 Å². The van der Waals surface area contributed by atoms with Crippen LogP contribution >= 0.6 is 0 Å². The normalized spacial score (nSPS) is 21.8. The molecule has 0 aliphatic carbocycles. The van der Waals surface area contributed by atoms with E-state index in [0.29, 0.717) is 6.54 Å². The van der Waals surface area contributed by atoms with Gasteiger partial charge in [-0.3, -0.25) is 4.79 Å². The van der Waals surface area contributed by atoms with Gasteiger partial charge < -0.3 is 20.9 Å². The highest BCUT2D eigenvalue weighted by molar-refractivity contribution is 5.88. The molecule has 0 bridgehead atoms. The predicted molar refractivity (Wildman–Crippen MR) is 85.6 cm³/mol. The number of nitrogens with one attached hydrogen (secondary N) is 3. The fraction of sp³-hybridized carbons (Fsp3) is 0.562. The highest BCUT2D eigenvalue weighted by Crippen LogP contribution is 2.25. The number of likely N-dealkylation sites (tertiary alicyclic amines) is 1. The number of amides is 1. The van der Waals surface area contributed by atoms with Crippen LogP contribution in [0.25, 0.3) is 0 Å². The standard InChI is InChI=1S/C16H24N4O/c21-16(17-8-11-20-9-4-1-5-10-20)15-12-18-13-6-2-3-7-14(13)19-15/h2-3,6-7,15,18-19H,1,4-5,8-12H2,(H,17,21). The van der Waals surface area contributed by atoms with Gasteiger partial charge in [0.25, 0.3) is 0 Å². The number of para-hydroxylation sites is 2. The predicted octanol–water partition coefficient (Wildman–Crippen LogP) is 1.49. The maximum absolute atomic E-state index is 12.2. The van der Waals surface area contributed by atoms with Crippen molar-refractivity contribution in [1.82, 2.24) is 10.2 Å². The smallest absolute Gasteiger partial charge is 0.244 e. The van der Waals surface area contributed by atoms with Crippen molar-refractivity contribution >= 4 is 17.3 Å². The molecule has 3 rings (SSSR count). The molecule has 0 radical (unpaired) electrons. The first-order chi connectivity index (χ1) is 10.3. The minimum Gasteiger partial charge on any atom is -0.381 e. The number of carbonyl (C=O) groups excluding carboxylic acids is 1. The van der Waals surface area contributed by atoms with Crippen molar-refractivity contribution in [2.75, 3.05) is 43.4 Å². The van der Waals surface area contributed by atoms with Crippen molar-refractivity contribution in [2.24, 2.45) is 0 Å². The summed E-state index contributed by atoms with van der Waals surface area (Å²) in [6, 6.07) is 7.79. The second-order valence-corrected chi connectivity index (χ2v) is 5.82. The summed E-state index contributed by atoms with van der Waals surface area (Å²) in [6.45, 7) is 4.67. The topological polar surface area (TPSA) is 56.4 Å². The van der Waals surface area contributed by atoms with Crippen LogP contribution in [0.5, 0.6) is 0 Å². The summed E-state index contributed by atoms with van der Waals surface area (Å²) in [4.78, 5) is 14.7. The van der Waals surface area contributed by atoms with Crippen molar-refractivity contribution in [3.63, 3.8) is 0 Å². The molecule has 0 aromatic heterocycles. The van der Waals surface area contributed by atoms with Crippen molar-refractivity contribution in [2.45, 2.75) is 25.3 Å². The number of rotatable bonds is 4. The van der Waals surface area contributed by atoms with E-state index in [4.69, 9.17) is 0 Å². The first-order valence-corrected chi connectivity index (χ1v) is 7.92. The second-order valence-electron chi connectivity index (χ2n) is 5.82. The van der Waals surface area contributed by atoms with E-state index in [1.807, 2.05) is 24.3 Å². The van der Waals surface area contributed by atoms with E-state index in [-0.39, 0.29) is 11.9 Å². The minimum atomic E-state index is -0.193. The Labute approximate surface area is 126 Å². The van der Waals surface area contributed by atoms with Crippen LogP contribution in [-0.2, 0) is 4.79 Å². The molecule has 2 aliphatic rings. The molecule has 114 valence electrons. The van der Waals surface area contributed by atoms with Gasteiger partial charge in [0.05, 0.1) is 11.4 Å². The number of fused-ring (bicyclic) bond motifs is 1. The molecular weight excluding hydrogens is 264 g/mol. The highest BCUT2D eigenvalue weighted by atomic mass is 16.2. The van der Waals surface area contributed by atoms with Gasteiger partial charge in [-0.2, -0.15) is 0 Å². The summed E-state index contributed by atoms with van der Waals surface area (Å²) in [5.41, 5.74) is 2.06. The van der Waals surface area contributed by atoms with E-state index in [0.717, 1.165) is 24.5 Å². The van der Waals surface area contributed by atoms with Crippen LogP contribution in [0.4, 0.5) is 11.4 Å². The molecule has 5 nitrogen and oxygen atoms in total. The molecule has 1 aromatic carbocycles. The van der Waals surface area contributed by atoms with Gasteiger partial charge in [0.15, 0.2) is 0 Å². The number of hydrogen-bond donors (Lipinski definition) is 3. The third-order valence-corrected chi connectivity index (χ3v) is 4.25. The van der Waals surface area contributed by atoms with E-state index < -0.39 is 0 Å². The summed E-state index contributed by atoms with van der Waals surface area (Å²) in [7, 11) is 0. The molecule has 0 saturated carbocycles. The van der Waals surface area contributed by atoms with E-state index in [9.17, 15) is 4.79 Å². The van der Waals surface area contributed by atoms with Crippen LogP contribution in [-0.4, -0.2) is 49.6 Å². The molecule has 0 spiro atoms. The first kappa shape index (κ1) is 14.2. The third kappa shape index (κ3) is 3.67. The Morgan fingerprint density at radius 1 is 1.19 bits per heavy atom. The summed E-state index contributed by atoms with van der Waals surface area (Å²) in [5.74, 6) is 0.0778. The molecule has 2 aliphatic heterocycles. The molecule has 21 heavy (non-hydrogen) atoms. The van der Waals surface area contributed by atoms with E-state index in [1.54, 1.807) is 0 Å². The van der Waals surface area contributed by atoms with Gasteiger partial charge in [0.1, 0.15) is 6.04 Å². The van der Waals surface area contributed by atoms with Gasteiger partial charge in [-0.25, -0.2) is 0 Å². The van der Waals surface area contributed by atoms with Crippen LogP contribution in [0.15, 0.2) is 24.3 Å². The fourth-order valence-corrected chi connectivity index (χ4v) is 3.02. The molecular formula is C16H24N4O. The average Bonchev–Trinajstić information content (AvgIpc) is 2.55. The molecule has 1 fully saturated rings. The van der Waals surface area contributed by atoms with Gasteiger partial charge in [-0.15, -0.1) is 0 Å². The Hall–Kier alpha value is -1.75. The van der Waals surface area contributed by atoms with E-state index in [1.165, 1.54) is 32.4 Å². The average molecular weight is 288 g/mol. The molecule has 1 saturated heterocycles. The Kier molecular flexibility index (Phi) is 4.60. The van der Waals surface area contributed by atoms with Crippen molar-refractivity contribution < 1.29 is 4.79 Å². The summed E-state index contributed by atoms with van der Waals surface area (Å²) in [5, 5.41) is 9.64. The maximum Gasteiger partial charge on any atom is 0.244 e. The van der Waals surface area contributed by atoms with Crippen molar-refractivity contribution in [3.8, 4) is 0 Å². The number of hydrogen-bond acceptors (Lipinski definition) is 4. The van der Waals surface area contributed by atoms with Crippen LogP contribution < -0.4 is 16.0 Å². The minimum absolute atomic E-state index is 0.0778. The molecule has 1 atom stereocenters. The maximum atomic E-state index is 12.2. The van der Waals surface area contributed by atoms with Gasteiger partial charge in [0.2, 0.25) is 5.91 Å². The van der Waals surface area contributed by atoms with Gasteiger partial charge >= 0.3 is 0 Å². The molecule has 1 unspecified atom stereocenters. The summed E-state index contributed by atoms with van der Waals surface area (Å²) in [6.07, 6.45) is 3.93. The molecule has 1 aromatic rings. The lowest BCUT2D eigenvalue weighted by Gasteiger charge is -2.29. The Balaban J connectivity index is 1.44.